The molecule has 4 aromatic rings. The van der Waals surface area contributed by atoms with Crippen LogP contribution in [0.25, 0.3) is 11.2 Å². The van der Waals surface area contributed by atoms with Crippen LogP contribution >= 0.6 is 0 Å². The molecule has 10 heteroatoms. The van der Waals surface area contributed by atoms with E-state index in [1.54, 1.807) is 34.9 Å². The molecule has 0 unspecified atom stereocenters. The zero-order chi connectivity index (χ0) is 22.2. The van der Waals surface area contributed by atoms with Crippen LogP contribution in [0.2, 0.25) is 0 Å². The topological polar surface area (TPSA) is 127 Å². The number of carbonyl (C=O) groups is 1. The fourth-order valence-electron chi connectivity index (χ4n) is 2.89. The molecule has 3 N–H and O–H groups in total. The third-order valence-corrected chi connectivity index (χ3v) is 4.47. The van der Waals surface area contributed by atoms with Crippen molar-refractivity contribution < 1.29 is 13.9 Å². The van der Waals surface area contributed by atoms with Crippen LogP contribution in [0.15, 0.2) is 51.9 Å². The van der Waals surface area contributed by atoms with Crippen LogP contribution in [0.3, 0.4) is 0 Å². The number of imidazole rings is 1. The number of nitrogens with zero attached hydrogens (tertiary/aromatic N) is 3. The van der Waals surface area contributed by atoms with E-state index in [0.717, 1.165) is 5.69 Å². The van der Waals surface area contributed by atoms with Crippen molar-refractivity contribution in [3.63, 3.8) is 0 Å². The number of pyridine rings is 1. The smallest absolute Gasteiger partial charge is 0.418 e. The molecule has 0 aliphatic rings. The first-order chi connectivity index (χ1) is 14.7. The van der Waals surface area contributed by atoms with E-state index in [0.29, 0.717) is 28.8 Å². The Bertz CT molecular complexity index is 1310. The molecule has 3 aromatic heterocycles. The molecule has 0 atom stereocenters. The van der Waals surface area contributed by atoms with Gasteiger partial charge in [-0.3, -0.25) is 10.3 Å². The zero-order valence-corrected chi connectivity index (χ0v) is 17.5. The number of aryl methyl sites for hydroxylation is 1. The van der Waals surface area contributed by atoms with Crippen molar-refractivity contribution in [2.75, 3.05) is 10.6 Å². The van der Waals surface area contributed by atoms with Crippen molar-refractivity contribution in [1.29, 1.82) is 0 Å². The number of benzene rings is 1. The first-order valence-corrected chi connectivity index (χ1v) is 9.56. The van der Waals surface area contributed by atoms with Crippen LogP contribution in [0.4, 0.5) is 16.4 Å². The molecule has 2 amide bonds. The summed E-state index contributed by atoms with van der Waals surface area (Å²) in [4.78, 5) is 34.9. The molecular weight excluding hydrogens is 400 g/mol. The lowest BCUT2D eigenvalue weighted by atomic mass is 9.93. The number of nitrogens with one attached hydrogen (secondary N) is 3. The summed E-state index contributed by atoms with van der Waals surface area (Å²) in [7, 11) is 1.82. The SMILES string of the molecule is Cn1cc(C(C)(C)C)nc1NC(=O)Nc1cccc(Oc2ccnc3[nH]c(=O)oc23)c1. The van der Waals surface area contributed by atoms with Crippen LogP contribution in [0, 0.1) is 0 Å². The van der Waals surface area contributed by atoms with Gasteiger partial charge in [0.25, 0.3) is 0 Å². The summed E-state index contributed by atoms with van der Waals surface area (Å²) in [6.07, 6.45) is 3.39. The van der Waals surface area contributed by atoms with Gasteiger partial charge in [0, 0.05) is 42.7 Å². The molecular formula is C21H22N6O4. The van der Waals surface area contributed by atoms with Gasteiger partial charge in [-0.25, -0.2) is 19.6 Å². The summed E-state index contributed by atoms with van der Waals surface area (Å²) in [6, 6.07) is 7.97. The van der Waals surface area contributed by atoms with Gasteiger partial charge in [-0.2, -0.15) is 0 Å². The number of rotatable bonds is 4. The molecule has 0 aliphatic heterocycles. The number of urea groups is 1. The van der Waals surface area contributed by atoms with Crippen molar-refractivity contribution in [3.05, 3.63) is 59.0 Å². The monoisotopic (exact) mass is 422 g/mol. The third-order valence-electron chi connectivity index (χ3n) is 4.47. The van der Waals surface area contributed by atoms with E-state index in [1.807, 2.05) is 13.2 Å². The number of anilines is 2. The van der Waals surface area contributed by atoms with E-state index < -0.39 is 11.8 Å². The molecule has 1 aromatic carbocycles. The first-order valence-electron chi connectivity index (χ1n) is 9.56. The Morgan fingerprint density at radius 2 is 2.03 bits per heavy atom. The number of H-pyrrole nitrogens is 1. The number of hydrogen-bond donors (Lipinski definition) is 3. The highest BCUT2D eigenvalue weighted by atomic mass is 16.5. The first kappa shape index (κ1) is 20.2. The predicted molar refractivity (Wildman–Crippen MR) is 116 cm³/mol. The second-order valence-electron chi connectivity index (χ2n) is 8.02. The zero-order valence-electron chi connectivity index (χ0n) is 17.5. The minimum atomic E-state index is -0.616. The van der Waals surface area contributed by atoms with E-state index >= 15 is 0 Å². The third kappa shape index (κ3) is 4.42. The number of ether oxygens (including phenoxy) is 1. The number of carbonyl (C=O) groups excluding carboxylic acids is 1. The molecule has 0 bridgehead atoms. The van der Waals surface area contributed by atoms with E-state index in [1.165, 1.54) is 6.20 Å². The maximum atomic E-state index is 12.5. The average molecular weight is 422 g/mol. The molecule has 3 heterocycles. The molecule has 0 spiro atoms. The van der Waals surface area contributed by atoms with Crippen molar-refractivity contribution in [3.8, 4) is 11.5 Å². The van der Waals surface area contributed by atoms with Crippen molar-refractivity contribution >= 4 is 28.9 Å². The Morgan fingerprint density at radius 3 is 2.77 bits per heavy atom. The summed E-state index contributed by atoms with van der Waals surface area (Å²) < 4.78 is 12.7. The lowest BCUT2D eigenvalue weighted by molar-refractivity contribution is 0.262. The number of aromatic nitrogens is 4. The summed E-state index contributed by atoms with van der Waals surface area (Å²) in [5.74, 6) is 0.597. The van der Waals surface area contributed by atoms with Crippen LogP contribution in [0.1, 0.15) is 26.5 Å². The van der Waals surface area contributed by atoms with Crippen LogP contribution in [-0.2, 0) is 12.5 Å². The number of amides is 2. The fourth-order valence-corrected chi connectivity index (χ4v) is 2.89. The summed E-state index contributed by atoms with van der Waals surface area (Å²) in [5, 5.41) is 5.50. The quantitative estimate of drug-likeness (QED) is 0.456. The summed E-state index contributed by atoms with van der Waals surface area (Å²) >= 11 is 0. The lowest BCUT2D eigenvalue weighted by Crippen LogP contribution is -2.21. The Morgan fingerprint density at radius 1 is 1.23 bits per heavy atom. The van der Waals surface area contributed by atoms with Gasteiger partial charge in [-0.05, 0) is 12.1 Å². The highest BCUT2D eigenvalue weighted by Crippen LogP contribution is 2.29. The molecule has 0 fully saturated rings. The van der Waals surface area contributed by atoms with E-state index in [4.69, 9.17) is 9.15 Å². The van der Waals surface area contributed by atoms with Gasteiger partial charge in [0.15, 0.2) is 11.4 Å². The molecule has 0 radical (unpaired) electrons. The summed E-state index contributed by atoms with van der Waals surface area (Å²) in [6.45, 7) is 6.17. The Balaban J connectivity index is 1.48. The minimum absolute atomic E-state index is 0.128. The van der Waals surface area contributed by atoms with E-state index in [-0.39, 0.29) is 11.0 Å². The highest BCUT2D eigenvalue weighted by molar-refractivity contribution is 5.98. The fraction of sp³-hybridized carbons (Fsp3) is 0.238. The number of aromatic amines is 1. The maximum absolute atomic E-state index is 12.5. The van der Waals surface area contributed by atoms with Crippen LogP contribution in [-0.4, -0.2) is 25.6 Å². The lowest BCUT2D eigenvalue weighted by Gasteiger charge is -2.13. The standard InChI is InChI=1S/C21H22N6O4/c1-21(2,3)15-11-27(4)18(24-15)26-19(28)23-12-6-5-7-13(10-12)30-14-8-9-22-17-16(14)31-20(29)25-17/h5-11H,1-4H3,(H,22,25,29)(H2,23,24,26,28). The van der Waals surface area contributed by atoms with E-state index in [2.05, 4.69) is 46.4 Å². The highest BCUT2D eigenvalue weighted by Gasteiger charge is 2.19. The Labute approximate surface area is 177 Å². The number of oxazole rings is 1. The normalized spacial score (nSPS) is 11.5. The van der Waals surface area contributed by atoms with Crippen LogP contribution < -0.4 is 21.1 Å². The van der Waals surface area contributed by atoms with Gasteiger partial charge in [-0.1, -0.05) is 26.8 Å². The molecule has 0 saturated heterocycles. The average Bonchev–Trinajstić information content (AvgIpc) is 3.24. The van der Waals surface area contributed by atoms with Gasteiger partial charge in [0.2, 0.25) is 11.5 Å². The molecule has 160 valence electrons. The van der Waals surface area contributed by atoms with Crippen LogP contribution in [0.5, 0.6) is 11.5 Å². The molecule has 31 heavy (non-hydrogen) atoms. The van der Waals surface area contributed by atoms with Gasteiger partial charge >= 0.3 is 11.8 Å². The molecule has 10 nitrogen and oxygen atoms in total. The summed E-state index contributed by atoms with van der Waals surface area (Å²) in [5.41, 5.74) is 1.77. The van der Waals surface area contributed by atoms with E-state index in [9.17, 15) is 9.59 Å². The minimum Gasteiger partial charge on any atom is -0.453 e. The van der Waals surface area contributed by atoms with Crippen molar-refractivity contribution in [2.24, 2.45) is 7.05 Å². The Kier molecular flexibility index (Phi) is 4.97. The maximum Gasteiger partial charge on any atom is 0.418 e. The van der Waals surface area contributed by atoms with Gasteiger partial charge in [-0.15, -0.1) is 0 Å². The van der Waals surface area contributed by atoms with Gasteiger partial charge in [0.05, 0.1) is 5.69 Å². The molecule has 0 aliphatic carbocycles. The Hall–Kier alpha value is -4.08. The largest absolute Gasteiger partial charge is 0.453 e. The molecule has 0 saturated carbocycles. The van der Waals surface area contributed by atoms with Gasteiger partial charge in [0.1, 0.15) is 5.75 Å². The predicted octanol–water partition coefficient (Wildman–Crippen LogP) is 3.98. The molecule has 4 rings (SSSR count). The number of fused-ring (bicyclic) bond motifs is 1. The number of hydrogen-bond acceptors (Lipinski definition) is 6. The van der Waals surface area contributed by atoms with Crippen molar-refractivity contribution in [2.45, 2.75) is 26.2 Å². The van der Waals surface area contributed by atoms with Gasteiger partial charge < -0.3 is 19.0 Å². The second-order valence-corrected chi connectivity index (χ2v) is 8.02. The van der Waals surface area contributed by atoms with Crippen molar-refractivity contribution in [1.82, 2.24) is 19.5 Å². The second kappa shape index (κ2) is 7.63.